The number of nitrogens with one attached hydrogen (secondary N) is 1. The van der Waals surface area contributed by atoms with Gasteiger partial charge in [0.25, 0.3) is 0 Å². The molecule has 0 saturated heterocycles. The van der Waals surface area contributed by atoms with Crippen molar-refractivity contribution in [2.24, 2.45) is 0 Å². The van der Waals surface area contributed by atoms with E-state index in [4.69, 9.17) is 4.74 Å². The molecule has 0 amide bonds. The van der Waals surface area contributed by atoms with Crippen LogP contribution >= 0.6 is 0 Å². The minimum Gasteiger partial charge on any atom is -0.493 e. The number of benzene rings is 1. The number of para-hydroxylation sites is 1. The summed E-state index contributed by atoms with van der Waals surface area (Å²) in [5.41, 5.74) is 1.27. The zero-order valence-corrected chi connectivity index (χ0v) is 12.7. The molecule has 0 aliphatic carbocycles. The quantitative estimate of drug-likeness (QED) is 0.617. The van der Waals surface area contributed by atoms with Crippen LogP contribution in [0.25, 0.3) is 0 Å². The summed E-state index contributed by atoms with van der Waals surface area (Å²) in [5, 5.41) is 3.56. The highest BCUT2D eigenvalue weighted by Crippen LogP contribution is 2.25. The lowest BCUT2D eigenvalue weighted by Crippen LogP contribution is -2.20. The molecule has 0 aliphatic rings. The van der Waals surface area contributed by atoms with Gasteiger partial charge < -0.3 is 10.1 Å². The van der Waals surface area contributed by atoms with Crippen molar-refractivity contribution in [3.63, 3.8) is 0 Å². The van der Waals surface area contributed by atoms with Crippen LogP contribution in [0.5, 0.6) is 5.75 Å². The zero-order chi connectivity index (χ0) is 13.9. The summed E-state index contributed by atoms with van der Waals surface area (Å²) in [6.07, 6.45) is 6.08. The first-order valence-corrected chi connectivity index (χ1v) is 7.74. The normalized spacial score (nSPS) is 12.4. The van der Waals surface area contributed by atoms with Gasteiger partial charge in [-0.1, -0.05) is 51.3 Å². The Morgan fingerprint density at radius 3 is 2.53 bits per heavy atom. The second-order valence-electron chi connectivity index (χ2n) is 5.12. The molecule has 2 nitrogen and oxygen atoms in total. The number of ether oxygens (including phenoxy) is 1. The van der Waals surface area contributed by atoms with E-state index in [1.807, 2.05) is 0 Å². The fourth-order valence-electron chi connectivity index (χ4n) is 2.11. The second-order valence-corrected chi connectivity index (χ2v) is 5.12. The highest BCUT2D eigenvalue weighted by atomic mass is 16.5. The van der Waals surface area contributed by atoms with Gasteiger partial charge in [0.15, 0.2) is 0 Å². The molecule has 2 heteroatoms. The third-order valence-electron chi connectivity index (χ3n) is 3.37. The smallest absolute Gasteiger partial charge is 0.124 e. The van der Waals surface area contributed by atoms with Crippen LogP contribution in [-0.4, -0.2) is 13.2 Å². The van der Waals surface area contributed by atoms with Crippen molar-refractivity contribution in [2.75, 3.05) is 13.2 Å². The van der Waals surface area contributed by atoms with E-state index < -0.39 is 0 Å². The van der Waals surface area contributed by atoms with Crippen molar-refractivity contribution in [3.8, 4) is 5.75 Å². The van der Waals surface area contributed by atoms with E-state index in [9.17, 15) is 0 Å². The Bertz CT molecular complexity index is 338. The van der Waals surface area contributed by atoms with Gasteiger partial charge in [0.2, 0.25) is 0 Å². The van der Waals surface area contributed by atoms with Crippen LogP contribution in [-0.2, 0) is 0 Å². The van der Waals surface area contributed by atoms with Crippen LogP contribution in [0.4, 0.5) is 0 Å². The maximum atomic E-state index is 5.93. The molecular weight excluding hydrogens is 234 g/mol. The Morgan fingerprint density at radius 2 is 1.79 bits per heavy atom. The fraction of sp³-hybridized carbons (Fsp3) is 0.647. The van der Waals surface area contributed by atoms with Gasteiger partial charge >= 0.3 is 0 Å². The molecule has 0 radical (unpaired) electrons. The van der Waals surface area contributed by atoms with Crippen LogP contribution in [0.1, 0.15) is 64.5 Å². The van der Waals surface area contributed by atoms with E-state index in [1.54, 1.807) is 0 Å². The first kappa shape index (κ1) is 16.0. The number of hydrogen-bond donors (Lipinski definition) is 1. The van der Waals surface area contributed by atoms with Crippen LogP contribution in [0.3, 0.4) is 0 Å². The van der Waals surface area contributed by atoms with Crippen LogP contribution < -0.4 is 10.1 Å². The van der Waals surface area contributed by atoms with Crippen LogP contribution in [0.15, 0.2) is 24.3 Å². The summed E-state index contributed by atoms with van der Waals surface area (Å²) < 4.78 is 5.93. The van der Waals surface area contributed by atoms with E-state index in [0.717, 1.165) is 25.3 Å². The monoisotopic (exact) mass is 263 g/mol. The Labute approximate surface area is 118 Å². The summed E-state index contributed by atoms with van der Waals surface area (Å²) in [7, 11) is 0. The molecule has 0 aromatic heterocycles. The first-order chi connectivity index (χ1) is 9.29. The van der Waals surface area contributed by atoms with Gasteiger partial charge in [-0.25, -0.2) is 0 Å². The second kappa shape index (κ2) is 9.85. The summed E-state index contributed by atoms with van der Waals surface area (Å²) in [6, 6.07) is 8.75. The highest BCUT2D eigenvalue weighted by molar-refractivity contribution is 5.35. The molecule has 1 aromatic carbocycles. The van der Waals surface area contributed by atoms with Gasteiger partial charge in [0.1, 0.15) is 5.75 Å². The predicted octanol–water partition coefficient (Wildman–Crippen LogP) is 4.71. The maximum absolute atomic E-state index is 5.93. The molecule has 0 fully saturated rings. The minimum atomic E-state index is 0.355. The molecule has 108 valence electrons. The highest BCUT2D eigenvalue weighted by Gasteiger charge is 2.10. The Kier molecular flexibility index (Phi) is 8.31. The first-order valence-electron chi connectivity index (χ1n) is 7.74. The lowest BCUT2D eigenvalue weighted by atomic mass is 10.1. The Hall–Kier alpha value is -1.02. The third-order valence-corrected chi connectivity index (χ3v) is 3.37. The molecule has 1 N–H and O–H groups in total. The molecule has 0 bridgehead atoms. The molecule has 0 aliphatic heterocycles. The summed E-state index contributed by atoms with van der Waals surface area (Å²) in [5.74, 6) is 1.04. The number of hydrogen-bond acceptors (Lipinski definition) is 2. The van der Waals surface area contributed by atoms with Crippen LogP contribution in [0, 0.1) is 0 Å². The molecular formula is C17H29NO. The maximum Gasteiger partial charge on any atom is 0.124 e. The van der Waals surface area contributed by atoms with Crippen molar-refractivity contribution in [1.82, 2.24) is 5.32 Å². The topological polar surface area (TPSA) is 21.3 Å². The molecule has 1 unspecified atom stereocenters. The van der Waals surface area contributed by atoms with Gasteiger partial charge in [-0.3, -0.25) is 0 Å². The SMILES string of the molecule is CCCCCOc1ccccc1C(C)NCCCC. The zero-order valence-electron chi connectivity index (χ0n) is 12.7. The van der Waals surface area contributed by atoms with Crippen molar-refractivity contribution in [1.29, 1.82) is 0 Å². The van der Waals surface area contributed by atoms with Gasteiger partial charge in [-0.15, -0.1) is 0 Å². The van der Waals surface area contributed by atoms with E-state index in [2.05, 4.69) is 50.4 Å². The Morgan fingerprint density at radius 1 is 1.05 bits per heavy atom. The lowest BCUT2D eigenvalue weighted by molar-refractivity contribution is 0.300. The molecule has 1 aromatic rings. The van der Waals surface area contributed by atoms with Gasteiger partial charge in [0, 0.05) is 11.6 Å². The van der Waals surface area contributed by atoms with Gasteiger partial charge in [-0.2, -0.15) is 0 Å². The van der Waals surface area contributed by atoms with Gasteiger partial charge in [-0.05, 0) is 32.4 Å². The average Bonchev–Trinajstić information content (AvgIpc) is 2.44. The van der Waals surface area contributed by atoms with Crippen molar-refractivity contribution in [3.05, 3.63) is 29.8 Å². The summed E-state index contributed by atoms with van der Waals surface area (Å²) >= 11 is 0. The van der Waals surface area contributed by atoms with Crippen molar-refractivity contribution >= 4 is 0 Å². The van der Waals surface area contributed by atoms with Crippen molar-refractivity contribution < 1.29 is 4.74 Å². The molecule has 0 spiro atoms. The average molecular weight is 263 g/mol. The third kappa shape index (κ3) is 6.11. The van der Waals surface area contributed by atoms with E-state index in [0.29, 0.717) is 6.04 Å². The molecule has 1 atom stereocenters. The Balaban J connectivity index is 2.51. The molecule has 0 heterocycles. The van der Waals surface area contributed by atoms with Gasteiger partial charge in [0.05, 0.1) is 6.61 Å². The largest absolute Gasteiger partial charge is 0.493 e. The summed E-state index contributed by atoms with van der Waals surface area (Å²) in [6.45, 7) is 8.54. The standard InChI is InChI=1S/C17H29NO/c1-4-6-10-14-19-17-12-9-8-11-16(17)15(3)18-13-7-5-2/h8-9,11-12,15,18H,4-7,10,13-14H2,1-3H3. The molecule has 19 heavy (non-hydrogen) atoms. The van der Waals surface area contributed by atoms with E-state index >= 15 is 0 Å². The van der Waals surface area contributed by atoms with E-state index in [-0.39, 0.29) is 0 Å². The number of rotatable bonds is 10. The number of unbranched alkanes of at least 4 members (excludes halogenated alkanes) is 3. The lowest BCUT2D eigenvalue weighted by Gasteiger charge is -2.18. The predicted molar refractivity (Wildman–Crippen MR) is 82.8 cm³/mol. The van der Waals surface area contributed by atoms with Crippen molar-refractivity contribution in [2.45, 2.75) is 58.9 Å². The van der Waals surface area contributed by atoms with E-state index in [1.165, 1.54) is 31.2 Å². The van der Waals surface area contributed by atoms with Crippen LogP contribution in [0.2, 0.25) is 0 Å². The minimum absolute atomic E-state index is 0.355. The molecule has 1 rings (SSSR count). The summed E-state index contributed by atoms with van der Waals surface area (Å²) in [4.78, 5) is 0. The molecule has 0 saturated carbocycles. The fourth-order valence-corrected chi connectivity index (χ4v) is 2.11.